The predicted octanol–water partition coefficient (Wildman–Crippen LogP) is 4.94. The fourth-order valence-electron chi connectivity index (χ4n) is 4.79. The van der Waals surface area contributed by atoms with E-state index in [1.54, 1.807) is 12.1 Å². The molecule has 3 aromatic rings. The molecule has 29 heavy (non-hydrogen) atoms. The topological polar surface area (TPSA) is 15.3 Å². The van der Waals surface area contributed by atoms with Crippen LogP contribution in [0, 0.1) is 5.82 Å². The van der Waals surface area contributed by atoms with Crippen molar-refractivity contribution < 1.29 is 4.39 Å². The second kappa shape index (κ2) is 7.94. The maximum atomic E-state index is 13.5. The highest BCUT2D eigenvalue weighted by molar-refractivity contribution is 5.69. The van der Waals surface area contributed by atoms with E-state index in [1.807, 2.05) is 12.1 Å². The van der Waals surface area contributed by atoms with Gasteiger partial charge >= 0.3 is 0 Å². The lowest BCUT2D eigenvalue weighted by Gasteiger charge is -2.59. The number of rotatable bonds is 5. The van der Waals surface area contributed by atoms with E-state index in [0.29, 0.717) is 18.0 Å². The molecule has 3 aromatic carbocycles. The van der Waals surface area contributed by atoms with Crippen molar-refractivity contribution in [1.82, 2.24) is 10.2 Å². The Kier molecular flexibility index (Phi) is 5.01. The molecule has 146 valence electrons. The molecule has 2 nitrogen and oxygen atoms in total. The van der Waals surface area contributed by atoms with Crippen molar-refractivity contribution in [2.24, 2.45) is 0 Å². The van der Waals surface area contributed by atoms with Crippen molar-refractivity contribution >= 4 is 12.2 Å². The largest absolute Gasteiger partial charge is 0.314 e. The number of nitrogens with one attached hydrogen (secondary N) is 1. The van der Waals surface area contributed by atoms with Crippen molar-refractivity contribution in [1.29, 1.82) is 0 Å². The molecule has 0 amide bonds. The van der Waals surface area contributed by atoms with Crippen LogP contribution in [-0.2, 0) is 6.54 Å². The van der Waals surface area contributed by atoms with Crippen molar-refractivity contribution in [3.05, 3.63) is 107 Å². The van der Waals surface area contributed by atoms with Crippen LogP contribution >= 0.6 is 0 Å². The van der Waals surface area contributed by atoms with Crippen LogP contribution in [0.25, 0.3) is 12.2 Å². The van der Waals surface area contributed by atoms with Gasteiger partial charge in [-0.3, -0.25) is 4.90 Å². The summed E-state index contributed by atoms with van der Waals surface area (Å²) in [4.78, 5) is 2.53. The number of piperazine rings is 1. The molecule has 2 aliphatic heterocycles. The quantitative estimate of drug-likeness (QED) is 0.627. The summed E-state index contributed by atoms with van der Waals surface area (Å²) in [5.74, 6) is 0.402. The second-order valence-electron chi connectivity index (χ2n) is 8.03. The van der Waals surface area contributed by atoms with Gasteiger partial charge in [0.25, 0.3) is 0 Å². The normalized spacial score (nSPS) is 23.8. The molecular weight excluding hydrogens is 359 g/mol. The zero-order chi connectivity index (χ0) is 19.6. The van der Waals surface area contributed by atoms with Gasteiger partial charge in [0, 0.05) is 37.6 Å². The maximum absolute atomic E-state index is 13.5. The lowest BCUT2D eigenvalue weighted by atomic mass is 9.72. The fourth-order valence-corrected chi connectivity index (χ4v) is 4.79. The van der Waals surface area contributed by atoms with Crippen LogP contribution in [0.4, 0.5) is 4.39 Å². The fraction of sp³-hybridized carbons (Fsp3) is 0.231. The van der Waals surface area contributed by atoms with E-state index in [1.165, 1.54) is 22.8 Å². The molecule has 1 N–H and O–H groups in total. The van der Waals surface area contributed by atoms with Crippen molar-refractivity contribution in [2.45, 2.75) is 24.5 Å². The van der Waals surface area contributed by atoms with Crippen LogP contribution < -0.4 is 5.32 Å². The molecule has 3 heteroatoms. The third-order valence-corrected chi connectivity index (χ3v) is 6.23. The van der Waals surface area contributed by atoms with Crippen LogP contribution in [0.15, 0.2) is 78.9 Å². The predicted molar refractivity (Wildman–Crippen MR) is 117 cm³/mol. The van der Waals surface area contributed by atoms with Crippen LogP contribution in [0.2, 0.25) is 0 Å². The Morgan fingerprint density at radius 2 is 1.52 bits per heavy atom. The molecule has 2 bridgehead atoms. The smallest absolute Gasteiger partial charge is 0.123 e. The summed E-state index contributed by atoms with van der Waals surface area (Å²) in [7, 11) is 0. The van der Waals surface area contributed by atoms with Crippen LogP contribution in [-0.4, -0.2) is 30.1 Å². The summed E-state index contributed by atoms with van der Waals surface area (Å²) in [6, 6.07) is 27.3. The molecule has 3 atom stereocenters. The van der Waals surface area contributed by atoms with Crippen LogP contribution in [0.3, 0.4) is 0 Å². The number of hydrogen-bond donors (Lipinski definition) is 1. The SMILES string of the molecule is Fc1cccc(CN2[C@@H]3CNC[C@H]2C3c2ccc(/C=C/c3ccccc3)cc2)c1. The van der Waals surface area contributed by atoms with Gasteiger partial charge in [0.05, 0.1) is 0 Å². The highest BCUT2D eigenvalue weighted by atomic mass is 19.1. The summed E-state index contributed by atoms with van der Waals surface area (Å²) in [6.45, 7) is 2.81. The molecule has 2 aliphatic rings. The van der Waals surface area contributed by atoms with Gasteiger partial charge in [-0.1, -0.05) is 78.9 Å². The highest BCUT2D eigenvalue weighted by Gasteiger charge is 2.50. The first-order valence-electron chi connectivity index (χ1n) is 10.3. The molecule has 0 spiro atoms. The third-order valence-electron chi connectivity index (χ3n) is 6.23. The van der Waals surface area contributed by atoms with Crippen molar-refractivity contribution in [3.8, 4) is 0 Å². The Morgan fingerprint density at radius 1 is 0.828 bits per heavy atom. The van der Waals surface area contributed by atoms with Crippen molar-refractivity contribution in [2.75, 3.05) is 13.1 Å². The van der Waals surface area contributed by atoms with Gasteiger partial charge in [-0.05, 0) is 34.4 Å². The third kappa shape index (κ3) is 3.76. The summed E-state index contributed by atoms with van der Waals surface area (Å²) in [5.41, 5.74) is 4.90. The Morgan fingerprint density at radius 3 is 2.21 bits per heavy atom. The van der Waals surface area contributed by atoms with Gasteiger partial charge in [-0.2, -0.15) is 0 Å². The first kappa shape index (κ1) is 18.3. The summed E-state index contributed by atoms with van der Waals surface area (Å²) < 4.78 is 13.5. The van der Waals surface area contributed by atoms with Crippen LogP contribution in [0.1, 0.15) is 28.2 Å². The van der Waals surface area contributed by atoms with E-state index < -0.39 is 0 Å². The molecule has 0 radical (unpaired) electrons. The Labute approximate surface area is 171 Å². The van der Waals surface area contributed by atoms with Gasteiger partial charge in [0.1, 0.15) is 5.82 Å². The van der Waals surface area contributed by atoms with Gasteiger partial charge in [-0.25, -0.2) is 4.39 Å². The van der Waals surface area contributed by atoms with Gasteiger partial charge in [0.2, 0.25) is 0 Å². The van der Waals surface area contributed by atoms with Gasteiger partial charge in [-0.15, -0.1) is 0 Å². The first-order valence-corrected chi connectivity index (χ1v) is 10.3. The standard InChI is InChI=1S/C26H25FN2/c27-23-8-4-7-21(15-23)18-29-24-16-28-17-25(29)26(24)22-13-11-20(12-14-22)10-9-19-5-2-1-3-6-19/h1-15,24-26,28H,16-18H2/b10-9+/t24-,25+,26?. The molecule has 2 heterocycles. The Balaban J connectivity index is 1.28. The van der Waals surface area contributed by atoms with Crippen molar-refractivity contribution in [3.63, 3.8) is 0 Å². The van der Waals surface area contributed by atoms with E-state index in [9.17, 15) is 4.39 Å². The van der Waals surface area contributed by atoms with Crippen LogP contribution in [0.5, 0.6) is 0 Å². The van der Waals surface area contributed by atoms with E-state index in [4.69, 9.17) is 0 Å². The number of fused-ring (bicyclic) bond motifs is 2. The average molecular weight is 384 g/mol. The number of halogens is 1. The lowest BCUT2D eigenvalue weighted by Crippen LogP contribution is -2.72. The van der Waals surface area contributed by atoms with Gasteiger partial charge in [0.15, 0.2) is 0 Å². The molecule has 0 saturated carbocycles. The molecule has 0 aliphatic carbocycles. The second-order valence-corrected chi connectivity index (χ2v) is 8.03. The number of benzene rings is 3. The molecule has 0 aromatic heterocycles. The highest BCUT2D eigenvalue weighted by Crippen LogP contribution is 2.43. The lowest BCUT2D eigenvalue weighted by molar-refractivity contribution is -0.0483. The molecule has 1 unspecified atom stereocenters. The first-order chi connectivity index (χ1) is 14.3. The number of hydrogen-bond acceptors (Lipinski definition) is 2. The Hall–Kier alpha value is -2.75. The van der Waals surface area contributed by atoms with E-state index in [2.05, 4.69) is 70.9 Å². The van der Waals surface area contributed by atoms with E-state index >= 15 is 0 Å². The molecular formula is C26H25FN2. The minimum absolute atomic E-state index is 0.151. The Bertz CT molecular complexity index is 985. The summed E-state index contributed by atoms with van der Waals surface area (Å²) >= 11 is 0. The van der Waals surface area contributed by atoms with E-state index in [0.717, 1.165) is 25.2 Å². The number of piperidine rings is 1. The summed E-state index contributed by atoms with van der Waals surface area (Å²) in [5, 5.41) is 3.53. The zero-order valence-corrected chi connectivity index (χ0v) is 16.3. The molecule has 2 saturated heterocycles. The minimum atomic E-state index is -0.151. The van der Waals surface area contributed by atoms with E-state index in [-0.39, 0.29) is 5.82 Å². The zero-order valence-electron chi connectivity index (χ0n) is 16.3. The average Bonchev–Trinajstić information content (AvgIpc) is 2.77. The molecule has 2 fully saturated rings. The summed E-state index contributed by atoms with van der Waals surface area (Å²) in [6.07, 6.45) is 4.32. The maximum Gasteiger partial charge on any atom is 0.123 e. The minimum Gasteiger partial charge on any atom is -0.314 e. The molecule has 5 rings (SSSR count). The number of nitrogens with zero attached hydrogens (tertiary/aromatic N) is 1. The monoisotopic (exact) mass is 384 g/mol. The van der Waals surface area contributed by atoms with Gasteiger partial charge < -0.3 is 5.32 Å².